The summed E-state index contributed by atoms with van der Waals surface area (Å²) < 4.78 is 3.67. The molecule has 124 valence electrons. The molecule has 0 unspecified atom stereocenters. The average molecular weight is 368 g/mol. The summed E-state index contributed by atoms with van der Waals surface area (Å²) in [5.74, 6) is 0.527. The highest BCUT2D eigenvalue weighted by Gasteiger charge is 2.36. The van der Waals surface area contributed by atoms with Crippen molar-refractivity contribution in [3.05, 3.63) is 24.3 Å². The summed E-state index contributed by atoms with van der Waals surface area (Å²) in [4.78, 5) is 12.1. The zero-order valence-corrected chi connectivity index (χ0v) is 15.3. The largest absolute Gasteiger partial charge is 0.494 e. The van der Waals surface area contributed by atoms with Crippen molar-refractivity contribution in [2.45, 2.75) is 37.7 Å². The Bertz CT molecular complexity index is 493. The van der Waals surface area contributed by atoms with Gasteiger partial charge in [-0.05, 0) is 31.2 Å². The van der Waals surface area contributed by atoms with E-state index < -0.39 is 15.4 Å². The van der Waals surface area contributed by atoms with Gasteiger partial charge >= 0.3 is 0 Å². The number of alkyl halides is 3. The SMILES string of the molecule is CCOc1ccc(N[C@H](NC(=O)C(C)(C)C)C(Cl)(Cl)Cl)cc1. The van der Waals surface area contributed by atoms with Crippen LogP contribution in [0.3, 0.4) is 0 Å². The number of nitrogens with one attached hydrogen (secondary N) is 2. The van der Waals surface area contributed by atoms with E-state index in [9.17, 15) is 4.79 Å². The van der Waals surface area contributed by atoms with Gasteiger partial charge in [-0.25, -0.2) is 0 Å². The van der Waals surface area contributed by atoms with Gasteiger partial charge in [-0.15, -0.1) is 0 Å². The lowest BCUT2D eigenvalue weighted by atomic mass is 9.95. The summed E-state index contributed by atoms with van der Waals surface area (Å²) in [7, 11) is 0. The Hall–Kier alpha value is -0.840. The highest BCUT2D eigenvalue weighted by atomic mass is 35.6. The van der Waals surface area contributed by atoms with Crippen molar-refractivity contribution in [2.75, 3.05) is 11.9 Å². The summed E-state index contributed by atoms with van der Waals surface area (Å²) in [5.41, 5.74) is 0.114. The number of benzene rings is 1. The van der Waals surface area contributed by atoms with Gasteiger partial charge in [0, 0.05) is 11.1 Å². The van der Waals surface area contributed by atoms with E-state index in [1.807, 2.05) is 6.92 Å². The first kappa shape index (κ1) is 19.2. The van der Waals surface area contributed by atoms with Crippen molar-refractivity contribution in [1.82, 2.24) is 5.32 Å². The maximum atomic E-state index is 12.1. The van der Waals surface area contributed by atoms with Crippen LogP contribution in [0.1, 0.15) is 27.7 Å². The van der Waals surface area contributed by atoms with Crippen LogP contribution in [-0.2, 0) is 4.79 Å². The second kappa shape index (κ2) is 7.62. The third kappa shape index (κ3) is 6.11. The highest BCUT2D eigenvalue weighted by molar-refractivity contribution is 6.68. The molecule has 2 N–H and O–H groups in total. The van der Waals surface area contributed by atoms with E-state index in [0.717, 1.165) is 5.75 Å². The molecule has 0 spiro atoms. The molecule has 0 bridgehead atoms. The highest BCUT2D eigenvalue weighted by Crippen LogP contribution is 2.32. The van der Waals surface area contributed by atoms with E-state index in [0.29, 0.717) is 12.3 Å². The van der Waals surface area contributed by atoms with Crippen molar-refractivity contribution in [3.63, 3.8) is 0 Å². The van der Waals surface area contributed by atoms with E-state index >= 15 is 0 Å². The number of halogens is 3. The second-order valence-corrected chi connectivity index (χ2v) is 8.17. The Balaban J connectivity index is 2.84. The molecule has 0 heterocycles. The number of hydrogen-bond acceptors (Lipinski definition) is 3. The first-order valence-electron chi connectivity index (χ1n) is 6.91. The van der Waals surface area contributed by atoms with Crippen LogP contribution in [0.4, 0.5) is 5.69 Å². The minimum atomic E-state index is -1.69. The maximum Gasteiger partial charge on any atom is 0.228 e. The van der Waals surface area contributed by atoms with Crippen LogP contribution in [0.25, 0.3) is 0 Å². The molecule has 0 fully saturated rings. The molecule has 1 atom stereocenters. The van der Waals surface area contributed by atoms with Gasteiger partial charge in [-0.2, -0.15) is 0 Å². The van der Waals surface area contributed by atoms with E-state index in [2.05, 4.69) is 10.6 Å². The number of carbonyl (C=O) groups excluding carboxylic acids is 1. The van der Waals surface area contributed by atoms with E-state index in [1.165, 1.54) is 0 Å². The van der Waals surface area contributed by atoms with Crippen molar-refractivity contribution in [2.24, 2.45) is 5.41 Å². The number of hydrogen-bond donors (Lipinski definition) is 2. The molecule has 22 heavy (non-hydrogen) atoms. The molecule has 1 aromatic carbocycles. The Morgan fingerprint density at radius 2 is 1.73 bits per heavy atom. The van der Waals surface area contributed by atoms with E-state index in [4.69, 9.17) is 39.5 Å². The molecule has 0 saturated heterocycles. The van der Waals surface area contributed by atoms with E-state index in [1.54, 1.807) is 45.0 Å². The Kier molecular flexibility index (Phi) is 6.65. The van der Waals surface area contributed by atoms with Crippen LogP contribution in [0.2, 0.25) is 0 Å². The smallest absolute Gasteiger partial charge is 0.228 e. The standard InChI is InChI=1S/C15H21Cl3N2O2/c1-5-22-11-8-6-10(7-9-11)19-12(15(16,17)18)20-13(21)14(2,3)4/h6-9,12,19H,5H2,1-4H3,(H,20,21)/t12-/m1/s1. The Morgan fingerprint density at radius 3 is 2.14 bits per heavy atom. The summed E-state index contributed by atoms with van der Waals surface area (Å²) in [6.07, 6.45) is -0.859. The fraction of sp³-hybridized carbons (Fsp3) is 0.533. The third-order valence-electron chi connectivity index (χ3n) is 2.76. The molecule has 0 aliphatic heterocycles. The zero-order valence-electron chi connectivity index (χ0n) is 13.0. The van der Waals surface area contributed by atoms with Gasteiger partial charge < -0.3 is 15.4 Å². The van der Waals surface area contributed by atoms with Gasteiger partial charge in [0.2, 0.25) is 9.70 Å². The molecule has 0 saturated carbocycles. The van der Waals surface area contributed by atoms with Crippen LogP contribution in [0.5, 0.6) is 5.75 Å². The third-order valence-corrected chi connectivity index (χ3v) is 3.41. The molecular formula is C15H21Cl3N2O2. The van der Waals surface area contributed by atoms with Crippen LogP contribution in [-0.4, -0.2) is 22.5 Å². The van der Waals surface area contributed by atoms with Crippen molar-refractivity contribution in [3.8, 4) is 5.75 Å². The minimum Gasteiger partial charge on any atom is -0.494 e. The predicted octanol–water partition coefficient (Wildman–Crippen LogP) is 4.36. The van der Waals surface area contributed by atoms with Crippen molar-refractivity contribution < 1.29 is 9.53 Å². The van der Waals surface area contributed by atoms with Crippen molar-refractivity contribution in [1.29, 1.82) is 0 Å². The lowest BCUT2D eigenvalue weighted by Gasteiger charge is -2.30. The molecule has 0 aliphatic carbocycles. The quantitative estimate of drug-likeness (QED) is 0.600. The molecular weight excluding hydrogens is 347 g/mol. The molecule has 0 radical (unpaired) electrons. The second-order valence-electron chi connectivity index (χ2n) is 5.80. The van der Waals surface area contributed by atoms with Crippen LogP contribution < -0.4 is 15.4 Å². The average Bonchev–Trinajstić information content (AvgIpc) is 2.38. The fourth-order valence-corrected chi connectivity index (χ4v) is 1.86. The first-order valence-corrected chi connectivity index (χ1v) is 8.04. The minimum absolute atomic E-state index is 0.220. The van der Waals surface area contributed by atoms with Gasteiger partial charge in [-0.1, -0.05) is 55.6 Å². The molecule has 0 aromatic heterocycles. The molecule has 1 amide bonds. The topological polar surface area (TPSA) is 50.4 Å². The Morgan fingerprint density at radius 1 is 1.18 bits per heavy atom. The number of anilines is 1. The lowest BCUT2D eigenvalue weighted by Crippen LogP contribution is -2.52. The molecule has 1 aromatic rings. The summed E-state index contributed by atoms with van der Waals surface area (Å²) in [5, 5.41) is 5.72. The molecule has 0 aliphatic rings. The van der Waals surface area contributed by atoms with Gasteiger partial charge in [0.25, 0.3) is 0 Å². The van der Waals surface area contributed by atoms with Gasteiger partial charge in [-0.3, -0.25) is 4.79 Å². The van der Waals surface area contributed by atoms with Gasteiger partial charge in [0.05, 0.1) is 6.61 Å². The lowest BCUT2D eigenvalue weighted by molar-refractivity contribution is -0.129. The fourth-order valence-electron chi connectivity index (χ4n) is 1.53. The first-order chi connectivity index (χ1) is 10.0. The number of ether oxygens (including phenoxy) is 1. The van der Waals surface area contributed by atoms with Gasteiger partial charge in [0.1, 0.15) is 11.9 Å². The van der Waals surface area contributed by atoms with E-state index in [-0.39, 0.29) is 5.91 Å². The molecule has 7 heteroatoms. The van der Waals surface area contributed by atoms with Gasteiger partial charge in [0.15, 0.2) is 0 Å². The summed E-state index contributed by atoms with van der Waals surface area (Å²) in [6, 6.07) is 7.18. The summed E-state index contributed by atoms with van der Waals surface area (Å²) >= 11 is 17.9. The van der Waals surface area contributed by atoms with Crippen LogP contribution in [0, 0.1) is 5.41 Å². The Labute approximate surface area is 146 Å². The van der Waals surface area contributed by atoms with Crippen LogP contribution >= 0.6 is 34.8 Å². The normalized spacial score (nSPS) is 13.4. The summed E-state index contributed by atoms with van der Waals surface area (Å²) in [6.45, 7) is 7.86. The number of rotatable bonds is 5. The monoisotopic (exact) mass is 366 g/mol. The maximum absolute atomic E-state index is 12.1. The van der Waals surface area contributed by atoms with Crippen molar-refractivity contribution >= 4 is 46.4 Å². The molecule has 1 rings (SSSR count). The zero-order chi connectivity index (χ0) is 17.0. The van der Waals surface area contributed by atoms with Crippen LogP contribution in [0.15, 0.2) is 24.3 Å². The predicted molar refractivity (Wildman–Crippen MR) is 92.9 cm³/mol. The molecule has 4 nitrogen and oxygen atoms in total. The number of carbonyl (C=O) groups is 1. The number of amides is 1.